The van der Waals surface area contributed by atoms with Gasteiger partial charge in [0.15, 0.2) is 0 Å². The van der Waals surface area contributed by atoms with Crippen LogP contribution in [-0.4, -0.2) is 52.9 Å². The molecule has 1 aliphatic rings. The molecular weight excluding hydrogens is 319 g/mol. The molecule has 1 N–H and O–H groups in total. The Morgan fingerprint density at radius 2 is 2.04 bits per heavy atom. The fourth-order valence-electron chi connectivity index (χ4n) is 3.04. The molecule has 3 rings (SSSR count). The Hall–Kier alpha value is -2.31. The number of nitrogens with one attached hydrogen (secondary N) is 1. The number of hydrogen-bond acceptors (Lipinski definition) is 4. The number of benzene rings is 1. The molecule has 1 aromatic carbocycles. The largest absolute Gasteiger partial charge is 0.325 e. The van der Waals surface area contributed by atoms with Crippen LogP contribution in [0.1, 0.15) is 12.5 Å². The zero-order valence-corrected chi connectivity index (χ0v) is 14.4. The maximum atomic E-state index is 13.2. The molecule has 1 aromatic heterocycles. The number of aromatic nitrogens is 1. The van der Waals surface area contributed by atoms with Gasteiger partial charge in [0.2, 0.25) is 5.91 Å². The Balaban J connectivity index is 1.49. The molecule has 0 unspecified atom stereocenters. The molecular formula is C19H23FN4O. The normalized spacial score (nSPS) is 17.2. The SMILES string of the molecule is C[C@@H](C(=O)Nc1cccc(F)c1)N1CCN(Cc2cccnc2)CC1. The molecule has 1 amide bonds. The second kappa shape index (κ2) is 8.18. The van der Waals surface area contributed by atoms with Crippen LogP contribution in [0.15, 0.2) is 48.8 Å². The molecule has 1 atom stereocenters. The quantitative estimate of drug-likeness (QED) is 0.906. The van der Waals surface area contributed by atoms with E-state index >= 15 is 0 Å². The molecule has 1 aliphatic heterocycles. The van der Waals surface area contributed by atoms with Gasteiger partial charge in [-0.3, -0.25) is 19.6 Å². The summed E-state index contributed by atoms with van der Waals surface area (Å²) in [6, 6.07) is 9.76. The van der Waals surface area contributed by atoms with E-state index in [1.165, 1.54) is 17.7 Å². The summed E-state index contributed by atoms with van der Waals surface area (Å²) in [6.45, 7) is 6.26. The minimum atomic E-state index is -0.352. The van der Waals surface area contributed by atoms with E-state index in [9.17, 15) is 9.18 Å². The van der Waals surface area contributed by atoms with E-state index in [1.807, 2.05) is 19.2 Å². The van der Waals surface area contributed by atoms with Gasteiger partial charge in [0.1, 0.15) is 5.82 Å². The van der Waals surface area contributed by atoms with Crippen molar-refractivity contribution < 1.29 is 9.18 Å². The predicted molar refractivity (Wildman–Crippen MR) is 95.6 cm³/mol. The highest BCUT2D eigenvalue weighted by Crippen LogP contribution is 2.13. The maximum absolute atomic E-state index is 13.2. The molecule has 0 aliphatic carbocycles. The lowest BCUT2D eigenvalue weighted by atomic mass is 10.2. The molecule has 0 radical (unpaired) electrons. The molecule has 25 heavy (non-hydrogen) atoms. The van der Waals surface area contributed by atoms with Gasteiger partial charge in [0.25, 0.3) is 0 Å². The Bertz CT molecular complexity index is 702. The summed E-state index contributed by atoms with van der Waals surface area (Å²) < 4.78 is 13.2. The lowest BCUT2D eigenvalue weighted by molar-refractivity contribution is -0.121. The Kier molecular flexibility index (Phi) is 5.73. The Morgan fingerprint density at radius 3 is 2.72 bits per heavy atom. The number of carbonyl (C=O) groups is 1. The fourth-order valence-corrected chi connectivity index (χ4v) is 3.04. The first-order valence-electron chi connectivity index (χ1n) is 8.53. The Morgan fingerprint density at radius 1 is 1.24 bits per heavy atom. The van der Waals surface area contributed by atoms with Crippen LogP contribution in [0.2, 0.25) is 0 Å². The lowest BCUT2D eigenvalue weighted by Crippen LogP contribution is -2.52. The first-order valence-corrected chi connectivity index (χ1v) is 8.53. The van der Waals surface area contributed by atoms with Gasteiger partial charge in [-0.25, -0.2) is 4.39 Å². The van der Waals surface area contributed by atoms with Crippen LogP contribution in [0.3, 0.4) is 0 Å². The molecule has 1 saturated heterocycles. The molecule has 1 fully saturated rings. The molecule has 0 spiro atoms. The summed E-state index contributed by atoms with van der Waals surface area (Å²) in [6.07, 6.45) is 3.67. The molecule has 132 valence electrons. The van der Waals surface area contributed by atoms with E-state index < -0.39 is 0 Å². The second-order valence-electron chi connectivity index (χ2n) is 6.35. The predicted octanol–water partition coefficient (Wildman–Crippen LogP) is 2.37. The van der Waals surface area contributed by atoms with Crippen LogP contribution in [0, 0.1) is 5.82 Å². The summed E-state index contributed by atoms with van der Waals surface area (Å²) >= 11 is 0. The van der Waals surface area contributed by atoms with Crippen LogP contribution in [0.5, 0.6) is 0 Å². The lowest BCUT2D eigenvalue weighted by Gasteiger charge is -2.37. The smallest absolute Gasteiger partial charge is 0.241 e. The van der Waals surface area contributed by atoms with Gasteiger partial charge < -0.3 is 5.32 Å². The van der Waals surface area contributed by atoms with Crippen LogP contribution >= 0.6 is 0 Å². The van der Waals surface area contributed by atoms with Crippen LogP contribution < -0.4 is 5.32 Å². The van der Waals surface area contributed by atoms with Gasteiger partial charge in [-0.2, -0.15) is 0 Å². The number of pyridine rings is 1. The third-order valence-corrected chi connectivity index (χ3v) is 4.56. The van der Waals surface area contributed by atoms with Crippen LogP contribution in [0.25, 0.3) is 0 Å². The second-order valence-corrected chi connectivity index (χ2v) is 6.35. The van der Waals surface area contributed by atoms with Gasteiger partial charge in [0.05, 0.1) is 6.04 Å². The maximum Gasteiger partial charge on any atom is 0.241 e. The Labute approximate surface area is 147 Å². The van der Waals surface area contributed by atoms with E-state index in [2.05, 4.69) is 26.2 Å². The molecule has 5 nitrogen and oxygen atoms in total. The van der Waals surface area contributed by atoms with Gasteiger partial charge in [0, 0.05) is 50.8 Å². The van der Waals surface area contributed by atoms with E-state index in [0.717, 1.165) is 32.7 Å². The summed E-state index contributed by atoms with van der Waals surface area (Å²) in [4.78, 5) is 21.1. The summed E-state index contributed by atoms with van der Waals surface area (Å²) in [5.74, 6) is -0.458. The average Bonchev–Trinajstić information content (AvgIpc) is 2.62. The zero-order chi connectivity index (χ0) is 17.6. The number of hydrogen-bond donors (Lipinski definition) is 1. The molecule has 2 aromatic rings. The summed E-state index contributed by atoms with van der Waals surface area (Å²) in [7, 11) is 0. The molecule has 0 bridgehead atoms. The van der Waals surface area contributed by atoms with Crippen molar-refractivity contribution in [3.8, 4) is 0 Å². The number of rotatable bonds is 5. The monoisotopic (exact) mass is 342 g/mol. The number of anilines is 1. The zero-order valence-electron chi connectivity index (χ0n) is 14.4. The van der Waals surface area contributed by atoms with Crippen LogP contribution in [-0.2, 0) is 11.3 Å². The third kappa shape index (κ3) is 4.84. The number of nitrogens with zero attached hydrogens (tertiary/aromatic N) is 3. The van der Waals surface area contributed by atoms with Crippen molar-refractivity contribution in [1.29, 1.82) is 0 Å². The first-order chi connectivity index (χ1) is 12.1. The standard InChI is InChI=1S/C19H23FN4O/c1-15(19(25)22-18-6-2-5-17(20)12-18)24-10-8-23(9-11-24)14-16-4-3-7-21-13-16/h2-7,12-13,15H,8-11,14H2,1H3,(H,22,25)/t15-/m0/s1. The summed E-state index contributed by atoms with van der Waals surface area (Å²) in [5, 5.41) is 2.79. The van der Waals surface area contributed by atoms with Crippen molar-refractivity contribution in [3.05, 3.63) is 60.2 Å². The van der Waals surface area contributed by atoms with Crippen molar-refractivity contribution in [2.45, 2.75) is 19.5 Å². The molecule has 0 saturated carbocycles. The van der Waals surface area contributed by atoms with Gasteiger partial charge in [-0.15, -0.1) is 0 Å². The van der Waals surface area contributed by atoms with Gasteiger partial charge in [-0.05, 0) is 36.8 Å². The summed E-state index contributed by atoms with van der Waals surface area (Å²) in [5.41, 5.74) is 1.69. The third-order valence-electron chi connectivity index (χ3n) is 4.56. The van der Waals surface area contributed by atoms with Crippen molar-refractivity contribution >= 4 is 11.6 Å². The van der Waals surface area contributed by atoms with Gasteiger partial charge >= 0.3 is 0 Å². The molecule has 6 heteroatoms. The fraction of sp³-hybridized carbons (Fsp3) is 0.368. The van der Waals surface area contributed by atoms with Crippen molar-refractivity contribution in [2.75, 3.05) is 31.5 Å². The van der Waals surface area contributed by atoms with Crippen molar-refractivity contribution in [3.63, 3.8) is 0 Å². The van der Waals surface area contributed by atoms with Gasteiger partial charge in [-0.1, -0.05) is 12.1 Å². The number of halogens is 1. The van der Waals surface area contributed by atoms with Crippen molar-refractivity contribution in [2.24, 2.45) is 0 Å². The minimum Gasteiger partial charge on any atom is -0.325 e. The number of amides is 1. The van der Waals surface area contributed by atoms with Crippen LogP contribution in [0.4, 0.5) is 10.1 Å². The highest BCUT2D eigenvalue weighted by Gasteiger charge is 2.25. The topological polar surface area (TPSA) is 48.5 Å². The number of piperazine rings is 1. The van der Waals surface area contributed by atoms with Crippen molar-refractivity contribution in [1.82, 2.24) is 14.8 Å². The first kappa shape index (κ1) is 17.5. The highest BCUT2D eigenvalue weighted by atomic mass is 19.1. The molecule has 2 heterocycles. The number of carbonyl (C=O) groups excluding carboxylic acids is 1. The van der Waals surface area contributed by atoms with E-state index in [0.29, 0.717) is 5.69 Å². The van der Waals surface area contributed by atoms with E-state index in [-0.39, 0.29) is 17.8 Å². The highest BCUT2D eigenvalue weighted by molar-refractivity contribution is 5.94. The average molecular weight is 342 g/mol. The van der Waals surface area contributed by atoms with E-state index in [4.69, 9.17) is 0 Å². The van der Waals surface area contributed by atoms with E-state index in [1.54, 1.807) is 18.3 Å². The minimum absolute atomic E-state index is 0.105.